The highest BCUT2D eigenvalue weighted by Crippen LogP contribution is 2.47. The van der Waals surface area contributed by atoms with E-state index in [9.17, 15) is 0 Å². The first-order valence-electron chi connectivity index (χ1n) is 16.9. The zero-order chi connectivity index (χ0) is 32.8. The van der Waals surface area contributed by atoms with Gasteiger partial charge in [-0.2, -0.15) is 0 Å². The van der Waals surface area contributed by atoms with Crippen molar-refractivity contribution in [2.75, 3.05) is 4.90 Å². The fraction of sp³-hybridized carbons (Fsp3) is 0. The van der Waals surface area contributed by atoms with Crippen LogP contribution in [0.1, 0.15) is 0 Å². The standard InChI is InChI=1S/C46H28N2OS/c1-2-11-31(12-3-1)48-39-16-7-4-13-34(39)37-28-33(23-24-40(37)48)47(41-17-10-20-45-46(41)36-15-6-9-19-44(36)50-45)32-22-21-29-26-38-35-14-5-8-18-42(35)49-43(38)27-30(29)25-32/h1-28H. The van der Waals surface area contributed by atoms with Gasteiger partial charge in [-0.25, -0.2) is 0 Å². The molecule has 0 spiro atoms. The summed E-state index contributed by atoms with van der Waals surface area (Å²) in [4.78, 5) is 2.44. The molecule has 0 aliphatic heterocycles. The number of fused-ring (bicyclic) bond motifs is 10. The SMILES string of the molecule is c1ccc(-n2c3ccccc3c3cc(N(c4ccc5cc6c(cc5c4)oc4ccccc46)c4cccc5sc6ccccc6c45)ccc32)cc1. The molecular formula is C46H28N2OS. The Kier molecular flexibility index (Phi) is 5.83. The third-order valence-corrected chi connectivity index (χ3v) is 11.3. The molecule has 0 saturated carbocycles. The Balaban J connectivity index is 1.19. The molecule has 234 valence electrons. The molecule has 3 nitrogen and oxygen atoms in total. The summed E-state index contributed by atoms with van der Waals surface area (Å²) in [6, 6.07) is 61.4. The average molecular weight is 657 g/mol. The molecule has 8 aromatic carbocycles. The molecule has 0 N–H and O–H groups in total. The first-order valence-corrected chi connectivity index (χ1v) is 17.7. The van der Waals surface area contributed by atoms with E-state index in [4.69, 9.17) is 4.42 Å². The molecule has 0 atom stereocenters. The first-order chi connectivity index (χ1) is 24.8. The second-order valence-corrected chi connectivity index (χ2v) is 14.0. The maximum atomic E-state index is 6.34. The molecule has 0 aliphatic rings. The minimum atomic E-state index is 0.906. The zero-order valence-corrected chi connectivity index (χ0v) is 27.7. The lowest BCUT2D eigenvalue weighted by atomic mass is 10.0. The van der Waals surface area contributed by atoms with Crippen LogP contribution in [0.25, 0.3) is 80.4 Å². The predicted octanol–water partition coefficient (Wildman–Crippen LogP) is 13.7. The summed E-state index contributed by atoms with van der Waals surface area (Å²) in [7, 11) is 0. The number of para-hydroxylation sites is 3. The normalized spacial score (nSPS) is 12.0. The first kappa shape index (κ1) is 27.6. The van der Waals surface area contributed by atoms with Crippen LogP contribution >= 0.6 is 11.3 Å². The van der Waals surface area contributed by atoms with Gasteiger partial charge in [0.05, 0.1) is 16.7 Å². The fourth-order valence-electron chi connectivity index (χ4n) is 7.92. The molecule has 50 heavy (non-hydrogen) atoms. The van der Waals surface area contributed by atoms with E-state index >= 15 is 0 Å². The van der Waals surface area contributed by atoms with Crippen molar-refractivity contribution in [2.24, 2.45) is 0 Å². The lowest BCUT2D eigenvalue weighted by molar-refractivity contribution is 0.669. The van der Waals surface area contributed by atoms with Crippen molar-refractivity contribution in [3.63, 3.8) is 0 Å². The molecule has 0 amide bonds. The van der Waals surface area contributed by atoms with Crippen LogP contribution in [0.5, 0.6) is 0 Å². The van der Waals surface area contributed by atoms with Crippen LogP contribution < -0.4 is 4.90 Å². The van der Waals surface area contributed by atoms with E-state index in [-0.39, 0.29) is 0 Å². The van der Waals surface area contributed by atoms with E-state index in [1.165, 1.54) is 47.4 Å². The highest BCUT2D eigenvalue weighted by atomic mass is 32.1. The number of nitrogens with zero attached hydrogens (tertiary/aromatic N) is 2. The number of hydrogen-bond donors (Lipinski definition) is 0. The summed E-state index contributed by atoms with van der Waals surface area (Å²) >= 11 is 1.85. The predicted molar refractivity (Wildman–Crippen MR) is 213 cm³/mol. The van der Waals surface area contributed by atoms with Gasteiger partial charge in [0.1, 0.15) is 11.2 Å². The van der Waals surface area contributed by atoms with Crippen molar-refractivity contribution >= 4 is 103 Å². The number of anilines is 3. The minimum absolute atomic E-state index is 0.906. The smallest absolute Gasteiger partial charge is 0.136 e. The summed E-state index contributed by atoms with van der Waals surface area (Å²) in [5, 5.41) is 9.63. The van der Waals surface area contributed by atoms with Crippen LogP contribution in [0.2, 0.25) is 0 Å². The second-order valence-electron chi connectivity index (χ2n) is 13.0. The summed E-state index contributed by atoms with van der Waals surface area (Å²) in [5.41, 5.74) is 8.74. The van der Waals surface area contributed by atoms with Gasteiger partial charge >= 0.3 is 0 Å². The van der Waals surface area contributed by atoms with Crippen molar-refractivity contribution in [1.82, 2.24) is 4.57 Å². The average Bonchev–Trinajstić information content (AvgIpc) is 3.84. The number of thiophene rings is 1. The quantitative estimate of drug-likeness (QED) is 0.188. The van der Waals surface area contributed by atoms with E-state index in [2.05, 4.69) is 167 Å². The Morgan fingerprint density at radius 2 is 1.16 bits per heavy atom. The van der Waals surface area contributed by atoms with E-state index in [1.54, 1.807) is 0 Å². The van der Waals surface area contributed by atoms with Gasteiger partial charge in [0.2, 0.25) is 0 Å². The van der Waals surface area contributed by atoms with Crippen molar-refractivity contribution in [1.29, 1.82) is 0 Å². The van der Waals surface area contributed by atoms with Crippen LogP contribution in [0.4, 0.5) is 17.1 Å². The third-order valence-electron chi connectivity index (χ3n) is 10.1. The molecule has 0 radical (unpaired) electrons. The maximum absolute atomic E-state index is 6.34. The van der Waals surface area contributed by atoms with Gasteiger partial charge < -0.3 is 13.9 Å². The van der Waals surface area contributed by atoms with Crippen molar-refractivity contribution in [2.45, 2.75) is 0 Å². The molecule has 11 aromatic rings. The van der Waals surface area contributed by atoms with E-state index in [0.717, 1.165) is 50.1 Å². The largest absolute Gasteiger partial charge is 0.456 e. The Morgan fingerprint density at radius 1 is 0.440 bits per heavy atom. The number of furan rings is 1. The van der Waals surface area contributed by atoms with Crippen LogP contribution in [0, 0.1) is 0 Å². The summed E-state index contributed by atoms with van der Waals surface area (Å²) < 4.78 is 11.3. The summed E-state index contributed by atoms with van der Waals surface area (Å²) in [5.74, 6) is 0. The minimum Gasteiger partial charge on any atom is -0.456 e. The van der Waals surface area contributed by atoms with Gasteiger partial charge in [-0.15, -0.1) is 11.3 Å². The summed E-state index contributed by atoms with van der Waals surface area (Å²) in [6.07, 6.45) is 0. The Hall–Kier alpha value is -6.36. The molecular weight excluding hydrogens is 629 g/mol. The molecule has 0 fully saturated rings. The molecule has 4 heteroatoms. The molecule has 0 bridgehead atoms. The van der Waals surface area contributed by atoms with Crippen molar-refractivity contribution in [3.05, 3.63) is 170 Å². The van der Waals surface area contributed by atoms with E-state index < -0.39 is 0 Å². The lowest BCUT2D eigenvalue weighted by Gasteiger charge is -2.27. The van der Waals surface area contributed by atoms with Crippen LogP contribution in [-0.2, 0) is 0 Å². The monoisotopic (exact) mass is 656 g/mol. The molecule has 11 rings (SSSR count). The molecule has 0 unspecified atom stereocenters. The number of hydrogen-bond acceptors (Lipinski definition) is 3. The topological polar surface area (TPSA) is 21.3 Å². The van der Waals surface area contributed by atoms with Gasteiger partial charge in [0, 0.05) is 58.8 Å². The number of benzene rings is 8. The maximum Gasteiger partial charge on any atom is 0.136 e. The summed E-state index contributed by atoms with van der Waals surface area (Å²) in [6.45, 7) is 0. The zero-order valence-electron chi connectivity index (χ0n) is 26.9. The third kappa shape index (κ3) is 4.03. The van der Waals surface area contributed by atoms with Crippen LogP contribution in [0.3, 0.4) is 0 Å². The van der Waals surface area contributed by atoms with E-state index in [0.29, 0.717) is 0 Å². The van der Waals surface area contributed by atoms with Gasteiger partial charge in [0.25, 0.3) is 0 Å². The number of rotatable bonds is 4. The molecule has 3 heterocycles. The molecule has 0 saturated heterocycles. The Labute approximate surface area is 291 Å². The molecule has 0 aliphatic carbocycles. The Morgan fingerprint density at radius 3 is 2.08 bits per heavy atom. The second kappa shape index (κ2) is 10.6. The molecule has 3 aromatic heterocycles. The van der Waals surface area contributed by atoms with E-state index in [1.807, 2.05) is 23.5 Å². The number of aromatic nitrogens is 1. The van der Waals surface area contributed by atoms with Crippen molar-refractivity contribution < 1.29 is 4.42 Å². The highest BCUT2D eigenvalue weighted by Gasteiger charge is 2.21. The Bertz CT molecular complexity index is 3110. The highest BCUT2D eigenvalue weighted by molar-refractivity contribution is 7.26. The van der Waals surface area contributed by atoms with Gasteiger partial charge in [-0.05, 0) is 95.7 Å². The van der Waals surface area contributed by atoms with Gasteiger partial charge in [0.15, 0.2) is 0 Å². The van der Waals surface area contributed by atoms with Gasteiger partial charge in [-0.1, -0.05) is 84.9 Å². The lowest BCUT2D eigenvalue weighted by Crippen LogP contribution is -2.10. The fourth-order valence-corrected chi connectivity index (χ4v) is 9.05. The van der Waals surface area contributed by atoms with Gasteiger partial charge in [-0.3, -0.25) is 0 Å². The van der Waals surface area contributed by atoms with Crippen molar-refractivity contribution in [3.8, 4) is 5.69 Å². The van der Waals surface area contributed by atoms with Crippen LogP contribution in [-0.4, -0.2) is 4.57 Å². The van der Waals surface area contributed by atoms with Crippen LogP contribution in [0.15, 0.2) is 174 Å².